The van der Waals surface area contributed by atoms with Gasteiger partial charge in [-0.15, -0.1) is 0 Å². The van der Waals surface area contributed by atoms with Crippen molar-refractivity contribution in [2.45, 2.75) is 13.0 Å². The van der Waals surface area contributed by atoms with Crippen molar-refractivity contribution in [2.24, 2.45) is 0 Å². The second-order valence-electron chi connectivity index (χ2n) is 4.56. The normalized spacial score (nSPS) is 12.9. The second-order valence-corrected chi connectivity index (χ2v) is 4.56. The number of aliphatic hydroxyl groups excluding tert-OH is 1. The van der Waals surface area contributed by atoms with Gasteiger partial charge in [0.1, 0.15) is 0 Å². The number of aromatic nitrogens is 1. The maximum Gasteiger partial charge on any atom is 0.275 e. The van der Waals surface area contributed by atoms with Gasteiger partial charge in [0, 0.05) is 27.9 Å². The summed E-state index contributed by atoms with van der Waals surface area (Å²) in [5.74, 6) is 0. The number of aliphatic hydroxyl groups is 1. The predicted octanol–water partition coefficient (Wildman–Crippen LogP) is 3.28. The number of rotatable bonds is 2. The maximum absolute atomic E-state index is 11.1. The minimum atomic E-state index is -0.879. The average Bonchev–Trinajstić information content (AvgIpc) is 2.74. The Hall–Kier alpha value is -2.40. The first-order valence-electron chi connectivity index (χ1n) is 5.95. The predicted molar refractivity (Wildman–Crippen MR) is 73.1 cm³/mol. The summed E-state index contributed by atoms with van der Waals surface area (Å²) < 4.78 is 0. The van der Waals surface area contributed by atoms with E-state index in [-0.39, 0.29) is 5.69 Å². The smallest absolute Gasteiger partial charge is 0.275 e. The van der Waals surface area contributed by atoms with Gasteiger partial charge in [0.25, 0.3) is 5.69 Å². The van der Waals surface area contributed by atoms with Crippen molar-refractivity contribution < 1.29 is 10.0 Å². The van der Waals surface area contributed by atoms with Crippen LogP contribution in [0.4, 0.5) is 5.69 Å². The number of nitrogens with zero attached hydrogens (tertiary/aromatic N) is 1. The molecule has 0 fully saturated rings. The SMILES string of the molecule is CC(O)c1cc2[nH]c3ccccc3c2cc1[N+](=O)[O-]. The monoisotopic (exact) mass is 256 g/mol. The van der Waals surface area contributed by atoms with Gasteiger partial charge in [-0.1, -0.05) is 18.2 Å². The highest BCUT2D eigenvalue weighted by Gasteiger charge is 2.20. The highest BCUT2D eigenvalue weighted by atomic mass is 16.6. The van der Waals surface area contributed by atoms with E-state index in [4.69, 9.17) is 0 Å². The zero-order valence-corrected chi connectivity index (χ0v) is 10.3. The standard InChI is InChI=1S/C14H12N2O3/c1-8(17)10-6-13-11(7-14(10)16(18)19)9-4-2-3-5-12(9)15-13/h2-8,15,17H,1H3. The number of aromatic amines is 1. The molecule has 0 aliphatic carbocycles. The summed E-state index contributed by atoms with van der Waals surface area (Å²) >= 11 is 0. The van der Waals surface area contributed by atoms with E-state index in [0.717, 1.165) is 21.8 Å². The molecule has 1 heterocycles. The Bertz CT molecular complexity index is 790. The van der Waals surface area contributed by atoms with Crippen LogP contribution in [-0.4, -0.2) is 15.0 Å². The first-order chi connectivity index (χ1) is 9.08. The number of fused-ring (bicyclic) bond motifs is 3. The van der Waals surface area contributed by atoms with Crippen molar-refractivity contribution in [1.29, 1.82) is 0 Å². The highest BCUT2D eigenvalue weighted by molar-refractivity contribution is 6.08. The average molecular weight is 256 g/mol. The molecule has 2 aromatic carbocycles. The van der Waals surface area contributed by atoms with Crippen molar-refractivity contribution >= 4 is 27.5 Å². The van der Waals surface area contributed by atoms with Crippen LogP contribution in [0.2, 0.25) is 0 Å². The molecule has 1 atom stereocenters. The number of benzene rings is 2. The van der Waals surface area contributed by atoms with E-state index in [1.54, 1.807) is 6.07 Å². The van der Waals surface area contributed by atoms with Crippen molar-refractivity contribution in [1.82, 2.24) is 4.98 Å². The van der Waals surface area contributed by atoms with Gasteiger partial charge in [-0.25, -0.2) is 0 Å². The number of para-hydroxylation sites is 1. The molecule has 96 valence electrons. The van der Waals surface area contributed by atoms with Crippen molar-refractivity contribution in [2.75, 3.05) is 0 Å². The van der Waals surface area contributed by atoms with Crippen molar-refractivity contribution in [3.8, 4) is 0 Å². The van der Waals surface area contributed by atoms with Gasteiger partial charge in [-0.05, 0) is 19.1 Å². The lowest BCUT2D eigenvalue weighted by Crippen LogP contribution is -1.99. The van der Waals surface area contributed by atoms with Crippen LogP contribution >= 0.6 is 0 Å². The summed E-state index contributed by atoms with van der Waals surface area (Å²) in [6.45, 7) is 1.52. The molecular formula is C14H12N2O3. The summed E-state index contributed by atoms with van der Waals surface area (Å²) in [5.41, 5.74) is 1.99. The van der Waals surface area contributed by atoms with Crippen LogP contribution in [0.25, 0.3) is 21.8 Å². The van der Waals surface area contributed by atoms with Crippen molar-refractivity contribution in [3.63, 3.8) is 0 Å². The number of nitro groups is 1. The molecule has 0 bridgehead atoms. The zero-order chi connectivity index (χ0) is 13.6. The maximum atomic E-state index is 11.1. The van der Waals surface area contributed by atoms with Gasteiger partial charge in [0.05, 0.1) is 16.6 Å². The fraction of sp³-hybridized carbons (Fsp3) is 0.143. The molecule has 2 N–H and O–H groups in total. The molecule has 19 heavy (non-hydrogen) atoms. The number of H-pyrrole nitrogens is 1. The minimum Gasteiger partial charge on any atom is -0.388 e. The summed E-state index contributed by atoms with van der Waals surface area (Å²) in [7, 11) is 0. The van der Waals surface area contributed by atoms with Gasteiger partial charge >= 0.3 is 0 Å². The van der Waals surface area contributed by atoms with Gasteiger partial charge in [0.2, 0.25) is 0 Å². The van der Waals surface area contributed by atoms with E-state index in [0.29, 0.717) is 5.56 Å². The summed E-state index contributed by atoms with van der Waals surface area (Å²) in [6, 6.07) is 10.8. The molecule has 0 aliphatic rings. The van der Waals surface area contributed by atoms with Crippen LogP contribution in [0.5, 0.6) is 0 Å². The third-order valence-electron chi connectivity index (χ3n) is 3.30. The van der Waals surface area contributed by atoms with Crippen molar-refractivity contribution in [3.05, 3.63) is 52.1 Å². The Morgan fingerprint density at radius 3 is 2.63 bits per heavy atom. The highest BCUT2D eigenvalue weighted by Crippen LogP contribution is 2.33. The fourth-order valence-electron chi connectivity index (χ4n) is 2.40. The Kier molecular flexibility index (Phi) is 2.50. The molecular weight excluding hydrogens is 244 g/mol. The fourth-order valence-corrected chi connectivity index (χ4v) is 2.40. The third-order valence-corrected chi connectivity index (χ3v) is 3.30. The lowest BCUT2D eigenvalue weighted by molar-refractivity contribution is -0.386. The van der Waals surface area contributed by atoms with Gasteiger partial charge in [0.15, 0.2) is 0 Å². The minimum absolute atomic E-state index is 0.0488. The molecule has 0 aliphatic heterocycles. The van der Waals surface area contributed by atoms with Gasteiger partial charge in [-0.2, -0.15) is 0 Å². The Balaban J connectivity index is 2.43. The molecule has 1 unspecified atom stereocenters. The van der Waals surface area contributed by atoms with E-state index in [1.807, 2.05) is 24.3 Å². The molecule has 0 amide bonds. The van der Waals surface area contributed by atoms with Gasteiger partial charge < -0.3 is 10.1 Å². The van der Waals surface area contributed by atoms with E-state index in [2.05, 4.69) is 4.98 Å². The van der Waals surface area contributed by atoms with Crippen LogP contribution in [0.3, 0.4) is 0 Å². The van der Waals surface area contributed by atoms with Crippen LogP contribution in [0, 0.1) is 10.1 Å². The molecule has 3 rings (SSSR count). The molecule has 0 spiro atoms. The third kappa shape index (κ3) is 1.75. The first kappa shape index (κ1) is 11.7. The second kappa shape index (κ2) is 4.07. The quantitative estimate of drug-likeness (QED) is 0.545. The lowest BCUT2D eigenvalue weighted by atomic mass is 10.0. The van der Waals surface area contributed by atoms with Crippen LogP contribution in [0.15, 0.2) is 36.4 Å². The van der Waals surface area contributed by atoms with Crippen LogP contribution in [0.1, 0.15) is 18.6 Å². The van der Waals surface area contributed by atoms with E-state index < -0.39 is 11.0 Å². The number of nitrogens with one attached hydrogen (secondary N) is 1. The van der Waals surface area contributed by atoms with Gasteiger partial charge in [-0.3, -0.25) is 10.1 Å². The summed E-state index contributed by atoms with van der Waals surface area (Å²) in [6.07, 6.45) is -0.879. The molecule has 0 saturated carbocycles. The van der Waals surface area contributed by atoms with E-state index in [1.165, 1.54) is 13.0 Å². The molecule has 3 aromatic rings. The Labute approximate surface area is 108 Å². The first-order valence-corrected chi connectivity index (χ1v) is 5.95. The summed E-state index contributed by atoms with van der Waals surface area (Å²) in [4.78, 5) is 13.9. The Morgan fingerprint density at radius 1 is 1.21 bits per heavy atom. The molecule has 5 heteroatoms. The zero-order valence-electron chi connectivity index (χ0n) is 10.3. The number of hydrogen-bond donors (Lipinski definition) is 2. The van der Waals surface area contributed by atoms with Crippen LogP contribution < -0.4 is 0 Å². The van der Waals surface area contributed by atoms with E-state index >= 15 is 0 Å². The largest absolute Gasteiger partial charge is 0.388 e. The molecule has 5 nitrogen and oxygen atoms in total. The topological polar surface area (TPSA) is 79.2 Å². The molecule has 0 saturated heterocycles. The Morgan fingerprint density at radius 2 is 1.95 bits per heavy atom. The molecule has 0 radical (unpaired) electrons. The number of hydrogen-bond acceptors (Lipinski definition) is 3. The lowest BCUT2D eigenvalue weighted by Gasteiger charge is -2.05. The summed E-state index contributed by atoms with van der Waals surface area (Å²) in [5, 5.41) is 22.5. The molecule has 1 aromatic heterocycles. The van der Waals surface area contributed by atoms with E-state index in [9.17, 15) is 15.2 Å². The van der Waals surface area contributed by atoms with Crippen LogP contribution in [-0.2, 0) is 0 Å². The number of nitro benzene ring substituents is 1.